The molecule has 0 aliphatic carbocycles. The van der Waals surface area contributed by atoms with E-state index in [4.69, 9.17) is 11.6 Å². The standard InChI is InChI=1S/C20H22ClN3O3/c1-3-10(2)24-17(25)14-13-8-5-9-23(13)20(15(14)18(24)26)11-6-4-7-12(21)16(11)22-19(20)27/h4,6-7,10,13-15H,3,5,8-9H2,1-2H3,(H,22,27)/p+1/t10-,13+,14+,15-,20+/m0/s1. The lowest BCUT2D eigenvalue weighted by atomic mass is 9.75. The van der Waals surface area contributed by atoms with Gasteiger partial charge < -0.3 is 10.2 Å². The molecule has 1 aromatic carbocycles. The molecule has 0 radical (unpaired) electrons. The molecule has 142 valence electrons. The molecule has 2 N–H and O–H groups in total. The van der Waals surface area contributed by atoms with Crippen LogP contribution in [0.3, 0.4) is 0 Å². The van der Waals surface area contributed by atoms with Gasteiger partial charge in [0.25, 0.3) is 5.91 Å². The molecule has 0 aromatic heterocycles. The maximum Gasteiger partial charge on any atom is 0.291 e. The lowest BCUT2D eigenvalue weighted by Crippen LogP contribution is -3.19. The van der Waals surface area contributed by atoms with Gasteiger partial charge in [-0.15, -0.1) is 0 Å². The van der Waals surface area contributed by atoms with E-state index in [-0.39, 0.29) is 29.8 Å². The van der Waals surface area contributed by atoms with Gasteiger partial charge in [-0.05, 0) is 25.5 Å². The summed E-state index contributed by atoms with van der Waals surface area (Å²) >= 11 is 6.36. The molecule has 3 saturated heterocycles. The fourth-order valence-electron chi connectivity index (χ4n) is 6.09. The number of benzene rings is 1. The molecule has 4 heterocycles. The predicted molar refractivity (Wildman–Crippen MR) is 99.2 cm³/mol. The fraction of sp³-hybridized carbons (Fsp3) is 0.550. The van der Waals surface area contributed by atoms with Crippen molar-refractivity contribution in [1.29, 1.82) is 0 Å². The van der Waals surface area contributed by atoms with E-state index >= 15 is 0 Å². The summed E-state index contributed by atoms with van der Waals surface area (Å²) in [5.74, 6) is -1.53. The Hall–Kier alpha value is -1.92. The number of nitrogens with zero attached hydrogens (tertiary/aromatic N) is 1. The minimum atomic E-state index is -1.04. The Morgan fingerprint density at radius 3 is 2.85 bits per heavy atom. The van der Waals surface area contributed by atoms with Crippen LogP contribution in [0.25, 0.3) is 0 Å². The third-order valence-electron chi connectivity index (χ3n) is 7.27. The number of para-hydroxylation sites is 1. The van der Waals surface area contributed by atoms with Crippen LogP contribution in [-0.2, 0) is 19.9 Å². The molecule has 7 heteroatoms. The van der Waals surface area contributed by atoms with Crippen LogP contribution in [-0.4, -0.2) is 41.2 Å². The van der Waals surface area contributed by atoms with E-state index in [1.165, 1.54) is 4.90 Å². The number of carbonyl (C=O) groups is 3. The average Bonchev–Trinajstić information content (AvgIpc) is 3.34. The summed E-state index contributed by atoms with van der Waals surface area (Å²) in [5, 5.41) is 3.42. The number of anilines is 1. The number of imide groups is 1. The third-order valence-corrected chi connectivity index (χ3v) is 7.58. The highest BCUT2D eigenvalue weighted by Gasteiger charge is 2.78. The molecule has 4 aliphatic heterocycles. The quantitative estimate of drug-likeness (QED) is 0.741. The summed E-state index contributed by atoms with van der Waals surface area (Å²) < 4.78 is 0. The molecule has 27 heavy (non-hydrogen) atoms. The van der Waals surface area contributed by atoms with Crippen molar-refractivity contribution in [3.05, 3.63) is 28.8 Å². The number of likely N-dealkylation sites (tertiary alicyclic amines) is 1. The van der Waals surface area contributed by atoms with Gasteiger partial charge in [0, 0.05) is 24.4 Å². The van der Waals surface area contributed by atoms with Crippen LogP contribution in [0.1, 0.15) is 38.7 Å². The number of fused-ring (bicyclic) bond motifs is 7. The van der Waals surface area contributed by atoms with Gasteiger partial charge in [0.2, 0.25) is 17.4 Å². The second-order valence-corrected chi connectivity index (χ2v) is 8.66. The third kappa shape index (κ3) is 1.83. The maximum absolute atomic E-state index is 13.5. The summed E-state index contributed by atoms with van der Waals surface area (Å²) in [6.45, 7) is 4.67. The largest absolute Gasteiger partial charge is 0.318 e. The van der Waals surface area contributed by atoms with E-state index in [9.17, 15) is 14.4 Å². The Balaban J connectivity index is 1.74. The first-order valence-electron chi connectivity index (χ1n) is 9.78. The second kappa shape index (κ2) is 5.55. The van der Waals surface area contributed by atoms with Gasteiger partial charge in [0.1, 0.15) is 17.9 Å². The highest BCUT2D eigenvalue weighted by Crippen LogP contribution is 2.53. The topological polar surface area (TPSA) is 70.9 Å². The Labute approximate surface area is 162 Å². The normalized spacial score (nSPS) is 37.6. The fourth-order valence-corrected chi connectivity index (χ4v) is 6.31. The van der Waals surface area contributed by atoms with Crippen LogP contribution in [0.4, 0.5) is 5.69 Å². The molecule has 1 unspecified atom stereocenters. The van der Waals surface area contributed by atoms with Crippen molar-refractivity contribution in [1.82, 2.24) is 4.90 Å². The molecule has 6 nitrogen and oxygen atoms in total. The van der Waals surface area contributed by atoms with Gasteiger partial charge in [0.15, 0.2) is 0 Å². The summed E-state index contributed by atoms with van der Waals surface area (Å²) in [7, 11) is 0. The van der Waals surface area contributed by atoms with Crippen molar-refractivity contribution in [2.75, 3.05) is 11.9 Å². The van der Waals surface area contributed by atoms with Crippen LogP contribution in [0.15, 0.2) is 18.2 Å². The smallest absolute Gasteiger partial charge is 0.291 e. The van der Waals surface area contributed by atoms with Crippen LogP contribution < -0.4 is 10.2 Å². The zero-order valence-corrected chi connectivity index (χ0v) is 16.2. The van der Waals surface area contributed by atoms with Crippen LogP contribution in [0.5, 0.6) is 0 Å². The Kier molecular flexibility index (Phi) is 3.53. The lowest BCUT2D eigenvalue weighted by Gasteiger charge is -2.34. The minimum Gasteiger partial charge on any atom is -0.318 e. The number of nitrogens with one attached hydrogen (secondary N) is 2. The van der Waals surface area contributed by atoms with E-state index in [0.29, 0.717) is 17.1 Å². The molecule has 1 aromatic rings. The highest BCUT2D eigenvalue weighted by molar-refractivity contribution is 6.35. The molecule has 3 amide bonds. The molecule has 1 spiro atoms. The first-order chi connectivity index (χ1) is 12.9. The van der Waals surface area contributed by atoms with Crippen LogP contribution >= 0.6 is 11.6 Å². The Morgan fingerprint density at radius 2 is 2.11 bits per heavy atom. The molecule has 4 aliphatic rings. The van der Waals surface area contributed by atoms with E-state index in [1.54, 1.807) is 6.07 Å². The molecule has 0 bridgehead atoms. The molecular formula is C20H23ClN3O3+. The zero-order valence-electron chi connectivity index (χ0n) is 15.4. The van der Waals surface area contributed by atoms with Crippen molar-refractivity contribution in [3.8, 4) is 0 Å². The number of hydrogen-bond donors (Lipinski definition) is 2. The van der Waals surface area contributed by atoms with Crippen LogP contribution in [0.2, 0.25) is 5.02 Å². The number of quaternary nitrogens is 1. The second-order valence-electron chi connectivity index (χ2n) is 8.26. The number of rotatable bonds is 2. The average molecular weight is 389 g/mol. The molecule has 3 fully saturated rings. The molecule has 6 atom stereocenters. The van der Waals surface area contributed by atoms with Gasteiger partial charge in [0.05, 0.1) is 17.3 Å². The van der Waals surface area contributed by atoms with Crippen molar-refractivity contribution >= 4 is 35.0 Å². The van der Waals surface area contributed by atoms with Crippen molar-refractivity contribution in [3.63, 3.8) is 0 Å². The van der Waals surface area contributed by atoms with Gasteiger partial charge in [-0.2, -0.15) is 0 Å². The lowest BCUT2D eigenvalue weighted by molar-refractivity contribution is -0.948. The summed E-state index contributed by atoms with van der Waals surface area (Å²) in [4.78, 5) is 42.7. The van der Waals surface area contributed by atoms with Crippen molar-refractivity contribution in [2.24, 2.45) is 11.8 Å². The maximum atomic E-state index is 13.5. The number of amides is 3. The zero-order chi connectivity index (χ0) is 19.1. The number of halogens is 1. The molecular weight excluding hydrogens is 366 g/mol. The number of hydrogen-bond acceptors (Lipinski definition) is 3. The summed E-state index contributed by atoms with van der Waals surface area (Å²) in [6.07, 6.45) is 2.54. The monoisotopic (exact) mass is 388 g/mol. The Morgan fingerprint density at radius 1 is 1.33 bits per heavy atom. The SMILES string of the molecule is CC[C@H](C)N1C(=O)[C@@H]2[C@H]3CCC[NH+]3[C@@]3(C(=O)Nc4c(Cl)cccc43)[C@@H]2C1=O. The first-order valence-corrected chi connectivity index (χ1v) is 10.2. The van der Waals surface area contributed by atoms with E-state index < -0.39 is 17.4 Å². The van der Waals surface area contributed by atoms with E-state index in [1.807, 2.05) is 26.0 Å². The minimum absolute atomic E-state index is 0.0104. The van der Waals surface area contributed by atoms with Crippen LogP contribution in [0, 0.1) is 11.8 Å². The van der Waals surface area contributed by atoms with Crippen molar-refractivity contribution in [2.45, 2.75) is 50.7 Å². The van der Waals surface area contributed by atoms with Gasteiger partial charge in [-0.1, -0.05) is 24.6 Å². The number of carbonyl (C=O) groups excluding carboxylic acids is 3. The summed E-state index contributed by atoms with van der Waals surface area (Å²) in [5.41, 5.74) is 0.341. The summed E-state index contributed by atoms with van der Waals surface area (Å²) in [6, 6.07) is 5.33. The van der Waals surface area contributed by atoms with E-state index in [0.717, 1.165) is 29.8 Å². The van der Waals surface area contributed by atoms with Gasteiger partial charge in [-0.3, -0.25) is 19.3 Å². The highest BCUT2D eigenvalue weighted by atomic mass is 35.5. The predicted octanol–water partition coefficient (Wildman–Crippen LogP) is 0.948. The van der Waals surface area contributed by atoms with Crippen molar-refractivity contribution < 1.29 is 19.3 Å². The van der Waals surface area contributed by atoms with Gasteiger partial charge >= 0.3 is 0 Å². The van der Waals surface area contributed by atoms with Gasteiger partial charge in [-0.25, -0.2) is 0 Å². The first kappa shape index (κ1) is 17.2. The molecule has 0 saturated carbocycles. The molecule has 5 rings (SSSR count). The van der Waals surface area contributed by atoms with E-state index in [2.05, 4.69) is 5.32 Å². The Bertz CT molecular complexity index is 887.